The van der Waals surface area contributed by atoms with E-state index < -0.39 is 0 Å². The van der Waals surface area contributed by atoms with Crippen molar-refractivity contribution in [2.75, 3.05) is 13.1 Å². The Morgan fingerprint density at radius 2 is 1.08 bits per heavy atom. The molecule has 0 aromatic rings. The molecule has 0 aromatic carbocycles. The first kappa shape index (κ1) is 11.6. The highest BCUT2D eigenvalue weighted by Gasteiger charge is 1.88. The fraction of sp³-hybridized carbons (Fsp3) is 1.00. The van der Waals surface area contributed by atoms with Crippen LogP contribution in [0.1, 0.15) is 32.1 Å². The maximum absolute atomic E-state index is 7.98. The van der Waals surface area contributed by atoms with E-state index in [1.165, 1.54) is 0 Å². The number of azide groups is 2. The highest BCUT2D eigenvalue weighted by molar-refractivity contribution is 4.51. The molecule has 0 aromatic heterocycles. The van der Waals surface area contributed by atoms with Crippen molar-refractivity contribution < 1.29 is 0 Å². The molecule has 6 heteroatoms. The summed E-state index contributed by atoms with van der Waals surface area (Å²) < 4.78 is 0. The van der Waals surface area contributed by atoms with Crippen molar-refractivity contribution in [3.05, 3.63) is 20.9 Å². The minimum Gasteiger partial charge on any atom is -0.0940 e. The Balaban J connectivity index is 2.99. The van der Waals surface area contributed by atoms with E-state index >= 15 is 0 Å². The quantitative estimate of drug-likeness (QED) is 0.237. The standard InChI is InChI=1S/C7H14N6/c8-12-10-6-4-2-1-3-5-7-11-13-9/h1-7H2. The Morgan fingerprint density at radius 1 is 0.692 bits per heavy atom. The smallest absolute Gasteiger partial charge is 0.0257 e. The summed E-state index contributed by atoms with van der Waals surface area (Å²) in [7, 11) is 0. The van der Waals surface area contributed by atoms with Gasteiger partial charge >= 0.3 is 0 Å². The van der Waals surface area contributed by atoms with E-state index in [2.05, 4.69) is 20.1 Å². The molecule has 0 saturated heterocycles. The summed E-state index contributed by atoms with van der Waals surface area (Å²) in [5.41, 5.74) is 16.0. The minimum absolute atomic E-state index is 0.590. The van der Waals surface area contributed by atoms with Crippen LogP contribution in [0.4, 0.5) is 0 Å². The third-order valence-electron chi connectivity index (χ3n) is 1.64. The molecule has 0 saturated carbocycles. The lowest BCUT2D eigenvalue weighted by Crippen LogP contribution is -1.83. The maximum Gasteiger partial charge on any atom is 0.0257 e. The molecule has 0 aliphatic rings. The molecule has 0 aliphatic carbocycles. The van der Waals surface area contributed by atoms with Crippen molar-refractivity contribution in [2.45, 2.75) is 32.1 Å². The van der Waals surface area contributed by atoms with Crippen LogP contribution < -0.4 is 0 Å². The normalized spacial score (nSPS) is 8.62. The lowest BCUT2D eigenvalue weighted by atomic mass is 10.1. The molecule has 0 bridgehead atoms. The molecule has 0 unspecified atom stereocenters. The highest BCUT2D eigenvalue weighted by atomic mass is 15.1. The van der Waals surface area contributed by atoms with Gasteiger partial charge in [0.2, 0.25) is 0 Å². The van der Waals surface area contributed by atoms with Crippen molar-refractivity contribution in [1.29, 1.82) is 0 Å². The molecule has 0 rings (SSSR count). The average Bonchev–Trinajstić information content (AvgIpc) is 2.16. The number of nitrogens with zero attached hydrogens (tertiary/aromatic N) is 6. The lowest BCUT2D eigenvalue weighted by Gasteiger charge is -1.96. The highest BCUT2D eigenvalue weighted by Crippen LogP contribution is 2.03. The van der Waals surface area contributed by atoms with Crippen molar-refractivity contribution in [1.82, 2.24) is 0 Å². The first-order chi connectivity index (χ1) is 6.41. The molecule has 0 heterocycles. The Hall–Kier alpha value is -1.38. The van der Waals surface area contributed by atoms with Gasteiger partial charge in [-0.2, -0.15) is 0 Å². The minimum atomic E-state index is 0.590. The van der Waals surface area contributed by atoms with Crippen molar-refractivity contribution in [3.8, 4) is 0 Å². The molecule has 0 fully saturated rings. The molecule has 13 heavy (non-hydrogen) atoms. The van der Waals surface area contributed by atoms with Crippen LogP contribution >= 0.6 is 0 Å². The summed E-state index contributed by atoms with van der Waals surface area (Å²) in [5, 5.41) is 6.87. The van der Waals surface area contributed by atoms with E-state index in [0.717, 1.165) is 32.1 Å². The zero-order valence-electron chi connectivity index (χ0n) is 7.63. The van der Waals surface area contributed by atoms with Crippen LogP contribution in [-0.4, -0.2) is 13.1 Å². The molecule has 0 spiro atoms. The van der Waals surface area contributed by atoms with Crippen LogP contribution in [-0.2, 0) is 0 Å². The molecule has 6 nitrogen and oxygen atoms in total. The van der Waals surface area contributed by atoms with Crippen molar-refractivity contribution in [2.24, 2.45) is 10.2 Å². The zero-order chi connectivity index (χ0) is 9.78. The van der Waals surface area contributed by atoms with Gasteiger partial charge in [0.15, 0.2) is 0 Å². The van der Waals surface area contributed by atoms with Gasteiger partial charge in [-0.15, -0.1) is 0 Å². The SMILES string of the molecule is [N-]=[N+]=NCCCCCCCN=[N+]=[N-]. The fourth-order valence-electron chi connectivity index (χ4n) is 0.985. The number of hydrogen-bond donors (Lipinski definition) is 0. The molecule has 0 radical (unpaired) electrons. The molecule has 0 N–H and O–H groups in total. The van der Waals surface area contributed by atoms with Gasteiger partial charge in [0.05, 0.1) is 0 Å². The van der Waals surface area contributed by atoms with Gasteiger partial charge in [0.25, 0.3) is 0 Å². The predicted octanol–water partition coefficient (Wildman–Crippen LogP) is 3.56. The topological polar surface area (TPSA) is 97.5 Å². The van der Waals surface area contributed by atoms with E-state index in [-0.39, 0.29) is 0 Å². The van der Waals surface area contributed by atoms with Gasteiger partial charge in [0.1, 0.15) is 0 Å². The molecule has 0 atom stereocenters. The van der Waals surface area contributed by atoms with Crippen LogP contribution in [0.3, 0.4) is 0 Å². The number of rotatable bonds is 8. The monoisotopic (exact) mass is 182 g/mol. The first-order valence-corrected chi connectivity index (χ1v) is 4.43. The summed E-state index contributed by atoms with van der Waals surface area (Å²) in [4.78, 5) is 5.33. The van der Waals surface area contributed by atoms with Gasteiger partial charge in [-0.25, -0.2) is 0 Å². The molecular formula is C7H14N6. The third kappa shape index (κ3) is 10.6. The zero-order valence-corrected chi connectivity index (χ0v) is 7.63. The second-order valence-corrected chi connectivity index (χ2v) is 2.68. The Bertz CT molecular complexity index is 179. The number of unbranched alkanes of at least 4 members (excludes halogenated alkanes) is 4. The summed E-state index contributed by atoms with van der Waals surface area (Å²) in [6.45, 7) is 1.18. The van der Waals surface area contributed by atoms with Gasteiger partial charge in [-0.05, 0) is 23.9 Å². The van der Waals surface area contributed by atoms with Crippen LogP contribution in [0.25, 0.3) is 20.9 Å². The van der Waals surface area contributed by atoms with Crippen LogP contribution in [0.2, 0.25) is 0 Å². The van der Waals surface area contributed by atoms with E-state index in [0.29, 0.717) is 13.1 Å². The average molecular weight is 182 g/mol. The molecular weight excluding hydrogens is 168 g/mol. The van der Waals surface area contributed by atoms with Crippen LogP contribution in [0.5, 0.6) is 0 Å². The second kappa shape index (κ2) is 10.6. The van der Waals surface area contributed by atoms with E-state index in [1.807, 2.05) is 0 Å². The Morgan fingerprint density at radius 3 is 1.46 bits per heavy atom. The Kier molecular flexibility index (Phi) is 9.49. The number of hydrogen-bond acceptors (Lipinski definition) is 2. The van der Waals surface area contributed by atoms with Crippen LogP contribution in [0, 0.1) is 0 Å². The molecule has 0 aliphatic heterocycles. The predicted molar refractivity (Wildman–Crippen MR) is 51.1 cm³/mol. The first-order valence-electron chi connectivity index (χ1n) is 4.43. The van der Waals surface area contributed by atoms with E-state index in [4.69, 9.17) is 11.1 Å². The van der Waals surface area contributed by atoms with E-state index in [9.17, 15) is 0 Å². The summed E-state index contributed by atoms with van der Waals surface area (Å²) >= 11 is 0. The summed E-state index contributed by atoms with van der Waals surface area (Å²) in [6.07, 6.45) is 5.17. The maximum atomic E-state index is 7.98. The van der Waals surface area contributed by atoms with Crippen molar-refractivity contribution in [3.63, 3.8) is 0 Å². The van der Waals surface area contributed by atoms with Gasteiger partial charge in [-0.1, -0.05) is 29.5 Å². The van der Waals surface area contributed by atoms with Crippen molar-refractivity contribution >= 4 is 0 Å². The summed E-state index contributed by atoms with van der Waals surface area (Å²) in [6, 6.07) is 0. The largest absolute Gasteiger partial charge is 0.0940 e. The second-order valence-electron chi connectivity index (χ2n) is 2.68. The third-order valence-corrected chi connectivity index (χ3v) is 1.64. The Labute approximate surface area is 77.2 Å². The molecule has 72 valence electrons. The van der Waals surface area contributed by atoms with Crippen LogP contribution in [0.15, 0.2) is 10.2 Å². The lowest BCUT2D eigenvalue weighted by molar-refractivity contribution is 0.622. The van der Waals surface area contributed by atoms with E-state index in [1.54, 1.807) is 0 Å². The summed E-state index contributed by atoms with van der Waals surface area (Å²) in [5.74, 6) is 0. The fourth-order valence-corrected chi connectivity index (χ4v) is 0.985. The van der Waals surface area contributed by atoms with Gasteiger partial charge in [0, 0.05) is 22.9 Å². The van der Waals surface area contributed by atoms with Gasteiger partial charge in [-0.3, -0.25) is 0 Å². The molecule has 0 amide bonds. The van der Waals surface area contributed by atoms with Gasteiger partial charge < -0.3 is 0 Å².